The van der Waals surface area contributed by atoms with Crippen LogP contribution >= 0.6 is 0 Å². The third-order valence-corrected chi connectivity index (χ3v) is 2.46. The van der Waals surface area contributed by atoms with Gasteiger partial charge in [-0.1, -0.05) is 17.2 Å². The second kappa shape index (κ2) is 3.97. The van der Waals surface area contributed by atoms with Crippen LogP contribution in [0.3, 0.4) is 0 Å². The summed E-state index contributed by atoms with van der Waals surface area (Å²) in [5.41, 5.74) is 3.40. The first-order chi connectivity index (χ1) is 7.56. The van der Waals surface area contributed by atoms with Gasteiger partial charge in [0.2, 0.25) is 0 Å². The van der Waals surface area contributed by atoms with Crippen molar-refractivity contribution >= 4 is 5.78 Å². The largest absolute Gasteiger partial charge is 0.453 e. The Morgan fingerprint density at radius 1 is 1.06 bits per heavy atom. The quantitative estimate of drug-likeness (QED) is 0.712. The van der Waals surface area contributed by atoms with E-state index < -0.39 is 0 Å². The van der Waals surface area contributed by atoms with Crippen molar-refractivity contribution in [1.29, 1.82) is 0 Å². The van der Waals surface area contributed by atoms with E-state index in [0.29, 0.717) is 5.76 Å². The molecule has 0 unspecified atom stereocenters. The van der Waals surface area contributed by atoms with E-state index in [2.05, 4.69) is 18.2 Å². The Kier molecular flexibility index (Phi) is 2.65. The van der Waals surface area contributed by atoms with Crippen LogP contribution in [-0.2, 0) is 0 Å². The normalized spacial score (nSPS) is 10.4. The van der Waals surface area contributed by atoms with E-state index in [9.17, 15) is 4.79 Å². The smallest absolute Gasteiger partial charge is 0.194 e. The zero-order valence-corrected chi connectivity index (χ0v) is 9.70. The van der Waals surface area contributed by atoms with Crippen molar-refractivity contribution in [1.82, 2.24) is 0 Å². The Morgan fingerprint density at radius 2 is 1.69 bits per heavy atom. The lowest BCUT2D eigenvalue weighted by molar-refractivity contribution is 0.0988. The molecule has 2 aromatic rings. The third-order valence-electron chi connectivity index (χ3n) is 2.46. The lowest BCUT2D eigenvalue weighted by Gasteiger charge is -2.01. The highest BCUT2D eigenvalue weighted by Crippen LogP contribution is 2.24. The average Bonchev–Trinajstić information content (AvgIpc) is 2.64. The number of benzene rings is 1. The number of furan rings is 1. The summed E-state index contributed by atoms with van der Waals surface area (Å²) in [6.45, 7) is 5.60. The Hall–Kier alpha value is -1.83. The van der Waals surface area contributed by atoms with Crippen molar-refractivity contribution in [2.45, 2.75) is 20.8 Å². The molecule has 1 aromatic heterocycles. The van der Waals surface area contributed by atoms with Gasteiger partial charge in [0.15, 0.2) is 11.5 Å². The van der Waals surface area contributed by atoms with E-state index in [-0.39, 0.29) is 5.78 Å². The predicted octanol–water partition coefficient (Wildman–Crippen LogP) is 3.77. The van der Waals surface area contributed by atoms with Crippen molar-refractivity contribution in [3.8, 4) is 11.3 Å². The minimum Gasteiger partial charge on any atom is -0.453 e. The molecule has 0 spiro atoms. The first-order valence-corrected chi connectivity index (χ1v) is 5.26. The zero-order valence-electron chi connectivity index (χ0n) is 9.70. The molecule has 0 aliphatic rings. The van der Waals surface area contributed by atoms with Gasteiger partial charge in [-0.15, -0.1) is 0 Å². The molecule has 0 amide bonds. The Morgan fingerprint density at radius 3 is 2.19 bits per heavy atom. The molecule has 0 fully saturated rings. The fraction of sp³-hybridized carbons (Fsp3) is 0.214. The maximum Gasteiger partial charge on any atom is 0.194 e. The first-order valence-electron chi connectivity index (χ1n) is 5.26. The van der Waals surface area contributed by atoms with Gasteiger partial charge in [-0.05, 0) is 38.1 Å². The van der Waals surface area contributed by atoms with Crippen LogP contribution in [0.15, 0.2) is 34.7 Å². The minimum atomic E-state index is -0.0457. The topological polar surface area (TPSA) is 30.2 Å². The number of Topliss-reactive ketones (excluding diaryl/α,β-unsaturated/α-hetero) is 1. The minimum absolute atomic E-state index is 0.0457. The van der Waals surface area contributed by atoms with Gasteiger partial charge in [0, 0.05) is 12.5 Å². The Bertz CT molecular complexity index is 515. The number of carbonyl (C=O) groups excluding carboxylic acids is 1. The predicted molar refractivity (Wildman–Crippen MR) is 63.6 cm³/mol. The Labute approximate surface area is 94.9 Å². The summed E-state index contributed by atoms with van der Waals surface area (Å²) < 4.78 is 5.49. The van der Waals surface area contributed by atoms with E-state index in [0.717, 1.165) is 11.3 Å². The van der Waals surface area contributed by atoms with Crippen molar-refractivity contribution in [2.24, 2.45) is 0 Å². The van der Waals surface area contributed by atoms with E-state index in [1.807, 2.05) is 19.9 Å². The molecule has 0 saturated heterocycles. The molecular weight excluding hydrogens is 200 g/mol. The van der Waals surface area contributed by atoms with Crippen molar-refractivity contribution in [3.05, 3.63) is 47.2 Å². The van der Waals surface area contributed by atoms with Gasteiger partial charge >= 0.3 is 0 Å². The highest BCUT2D eigenvalue weighted by Gasteiger charge is 2.08. The van der Waals surface area contributed by atoms with Crippen molar-refractivity contribution in [2.75, 3.05) is 0 Å². The summed E-state index contributed by atoms with van der Waals surface area (Å²) in [7, 11) is 0. The van der Waals surface area contributed by atoms with Crippen LogP contribution in [0.25, 0.3) is 11.3 Å². The molecule has 16 heavy (non-hydrogen) atoms. The summed E-state index contributed by atoms with van der Waals surface area (Å²) in [6, 6.07) is 9.77. The van der Waals surface area contributed by atoms with Crippen molar-refractivity contribution in [3.63, 3.8) is 0 Å². The summed E-state index contributed by atoms with van der Waals surface area (Å²) in [5.74, 6) is 1.11. The van der Waals surface area contributed by atoms with Gasteiger partial charge in [-0.2, -0.15) is 0 Å². The van der Waals surface area contributed by atoms with Gasteiger partial charge in [-0.25, -0.2) is 0 Å². The van der Waals surface area contributed by atoms with Crippen LogP contribution in [0.1, 0.15) is 28.6 Å². The molecule has 0 radical (unpaired) electrons. The van der Waals surface area contributed by atoms with Crippen LogP contribution in [0.2, 0.25) is 0 Å². The fourth-order valence-electron chi connectivity index (χ4n) is 1.80. The fourth-order valence-corrected chi connectivity index (χ4v) is 1.80. The summed E-state index contributed by atoms with van der Waals surface area (Å²) in [6.07, 6.45) is 0. The molecule has 2 rings (SSSR count). The molecule has 2 heteroatoms. The lowest BCUT2D eigenvalue weighted by Crippen LogP contribution is -1.86. The first kappa shape index (κ1) is 10.7. The third kappa shape index (κ3) is 2.06. The standard InChI is InChI=1S/C14H14O2/c1-9-6-10(2)8-12(7-9)14-5-4-13(16-14)11(3)15/h4-8H,1-3H3. The lowest BCUT2D eigenvalue weighted by atomic mass is 10.1. The molecule has 0 N–H and O–H groups in total. The number of hydrogen-bond donors (Lipinski definition) is 0. The van der Waals surface area contributed by atoms with Gasteiger partial charge in [0.1, 0.15) is 5.76 Å². The van der Waals surface area contributed by atoms with Crippen LogP contribution in [0.4, 0.5) is 0 Å². The highest BCUT2D eigenvalue weighted by atomic mass is 16.3. The van der Waals surface area contributed by atoms with Crippen LogP contribution in [0, 0.1) is 13.8 Å². The number of carbonyl (C=O) groups is 1. The second-order valence-corrected chi connectivity index (χ2v) is 4.10. The highest BCUT2D eigenvalue weighted by molar-refractivity contribution is 5.91. The average molecular weight is 214 g/mol. The molecule has 0 bridgehead atoms. The summed E-state index contributed by atoms with van der Waals surface area (Å²) in [5, 5.41) is 0. The molecule has 0 aliphatic heterocycles. The maximum atomic E-state index is 11.1. The van der Waals surface area contributed by atoms with E-state index in [1.165, 1.54) is 18.1 Å². The number of ketones is 1. The number of rotatable bonds is 2. The van der Waals surface area contributed by atoms with Crippen molar-refractivity contribution < 1.29 is 9.21 Å². The van der Waals surface area contributed by atoms with Gasteiger partial charge in [0.25, 0.3) is 0 Å². The summed E-state index contributed by atoms with van der Waals surface area (Å²) in [4.78, 5) is 11.1. The molecular formula is C14H14O2. The molecule has 0 aliphatic carbocycles. The molecule has 0 saturated carbocycles. The van der Waals surface area contributed by atoms with Gasteiger partial charge in [0.05, 0.1) is 0 Å². The zero-order chi connectivity index (χ0) is 11.7. The van der Waals surface area contributed by atoms with E-state index >= 15 is 0 Å². The molecule has 0 atom stereocenters. The van der Waals surface area contributed by atoms with E-state index in [1.54, 1.807) is 6.07 Å². The second-order valence-electron chi connectivity index (χ2n) is 4.10. The number of aryl methyl sites for hydroxylation is 2. The maximum absolute atomic E-state index is 11.1. The molecule has 1 heterocycles. The van der Waals surface area contributed by atoms with Gasteiger partial charge in [-0.3, -0.25) is 4.79 Å². The molecule has 82 valence electrons. The molecule has 2 nitrogen and oxygen atoms in total. The molecule has 1 aromatic carbocycles. The summed E-state index contributed by atoms with van der Waals surface area (Å²) >= 11 is 0. The van der Waals surface area contributed by atoms with Crippen LogP contribution in [0.5, 0.6) is 0 Å². The van der Waals surface area contributed by atoms with Gasteiger partial charge < -0.3 is 4.42 Å². The van der Waals surface area contributed by atoms with Crippen LogP contribution in [-0.4, -0.2) is 5.78 Å². The monoisotopic (exact) mass is 214 g/mol. The van der Waals surface area contributed by atoms with Crippen LogP contribution < -0.4 is 0 Å². The Balaban J connectivity index is 2.46. The number of hydrogen-bond acceptors (Lipinski definition) is 2. The SMILES string of the molecule is CC(=O)c1ccc(-c2cc(C)cc(C)c2)o1. The van der Waals surface area contributed by atoms with E-state index in [4.69, 9.17) is 4.42 Å².